The van der Waals surface area contributed by atoms with Gasteiger partial charge in [0.25, 0.3) is 0 Å². The molecule has 0 spiro atoms. The largest absolute Gasteiger partial charge is 0.339 e. The highest BCUT2D eigenvalue weighted by atomic mass is 79.9. The Morgan fingerprint density at radius 3 is 2.64 bits per heavy atom. The average Bonchev–Trinajstić information content (AvgIpc) is 3.17. The summed E-state index contributed by atoms with van der Waals surface area (Å²) in [5.41, 5.74) is 2.81. The van der Waals surface area contributed by atoms with Crippen LogP contribution in [0.4, 0.5) is 0 Å². The summed E-state index contributed by atoms with van der Waals surface area (Å²) in [4.78, 5) is 13.0. The van der Waals surface area contributed by atoms with Crippen LogP contribution in [0.3, 0.4) is 0 Å². The molecule has 5 nitrogen and oxygen atoms in total. The van der Waals surface area contributed by atoms with Crippen molar-refractivity contribution < 1.29 is 4.52 Å². The van der Waals surface area contributed by atoms with Gasteiger partial charge in [0.2, 0.25) is 11.7 Å². The summed E-state index contributed by atoms with van der Waals surface area (Å²) in [6, 6.07) is 8.40. The van der Waals surface area contributed by atoms with Gasteiger partial charge in [0.1, 0.15) is 5.69 Å². The Morgan fingerprint density at radius 1 is 1.09 bits per heavy atom. The number of nitrogens with zero attached hydrogens (tertiary/aromatic N) is 4. The summed E-state index contributed by atoms with van der Waals surface area (Å²) in [5.74, 6) is 1.96. The van der Waals surface area contributed by atoms with Crippen LogP contribution in [0.15, 0.2) is 45.7 Å². The Hall–Kier alpha value is -2.08. The molecule has 0 radical (unpaired) electrons. The predicted octanol–water partition coefficient (Wildman–Crippen LogP) is 3.87. The molecule has 0 N–H and O–H groups in total. The molecule has 2 aromatic heterocycles. The third-order valence-electron chi connectivity index (χ3n) is 3.86. The third-order valence-corrected chi connectivity index (χ3v) is 4.39. The number of aromatic nitrogens is 4. The number of benzene rings is 1. The molecule has 2 atom stereocenters. The second kappa shape index (κ2) is 5.28. The summed E-state index contributed by atoms with van der Waals surface area (Å²) in [5, 5.41) is 4.02. The number of halogens is 1. The first-order chi connectivity index (χ1) is 10.7. The molecule has 6 heteroatoms. The molecule has 0 amide bonds. The fraction of sp³-hybridized carbons (Fsp3) is 0.250. The van der Waals surface area contributed by atoms with E-state index in [0.717, 1.165) is 16.6 Å². The lowest BCUT2D eigenvalue weighted by molar-refractivity contribution is 0.378. The van der Waals surface area contributed by atoms with Crippen LogP contribution in [0, 0.1) is 6.92 Å². The second-order valence-corrected chi connectivity index (χ2v) is 6.42. The number of aryl methyl sites for hydroxylation is 1. The maximum absolute atomic E-state index is 5.41. The summed E-state index contributed by atoms with van der Waals surface area (Å²) in [7, 11) is 0. The highest BCUT2D eigenvalue weighted by Crippen LogP contribution is 2.54. The van der Waals surface area contributed by atoms with Crippen LogP contribution in [-0.2, 0) is 0 Å². The van der Waals surface area contributed by atoms with Gasteiger partial charge in [-0.25, -0.2) is 4.98 Å². The van der Waals surface area contributed by atoms with Crippen molar-refractivity contribution in [3.63, 3.8) is 0 Å². The lowest BCUT2D eigenvalue weighted by atomic mass is 10.1. The predicted molar refractivity (Wildman–Crippen MR) is 84.3 cm³/mol. The van der Waals surface area contributed by atoms with Crippen molar-refractivity contribution in [2.45, 2.75) is 25.2 Å². The molecule has 3 aromatic rings. The zero-order valence-electron chi connectivity index (χ0n) is 11.9. The first-order valence-corrected chi connectivity index (χ1v) is 7.88. The van der Waals surface area contributed by atoms with Gasteiger partial charge in [0.05, 0.1) is 11.9 Å². The summed E-state index contributed by atoms with van der Waals surface area (Å²) in [6.45, 7) is 1.89. The topological polar surface area (TPSA) is 64.7 Å². The van der Waals surface area contributed by atoms with Crippen molar-refractivity contribution in [1.82, 2.24) is 20.1 Å². The molecule has 1 saturated carbocycles. The van der Waals surface area contributed by atoms with Gasteiger partial charge in [-0.15, -0.1) is 0 Å². The Kier molecular flexibility index (Phi) is 3.26. The monoisotopic (exact) mass is 356 g/mol. The maximum Gasteiger partial charge on any atom is 0.230 e. The van der Waals surface area contributed by atoms with E-state index in [9.17, 15) is 0 Å². The van der Waals surface area contributed by atoms with Gasteiger partial charge in [-0.05, 0) is 37.0 Å². The van der Waals surface area contributed by atoms with Crippen LogP contribution < -0.4 is 0 Å². The molecule has 0 aliphatic heterocycles. The molecule has 0 unspecified atom stereocenters. The van der Waals surface area contributed by atoms with Gasteiger partial charge in [-0.2, -0.15) is 4.98 Å². The fourth-order valence-corrected chi connectivity index (χ4v) is 2.81. The summed E-state index contributed by atoms with van der Waals surface area (Å²) < 4.78 is 6.50. The zero-order valence-corrected chi connectivity index (χ0v) is 13.5. The number of rotatable bonds is 3. The number of hydrogen-bond donors (Lipinski definition) is 0. The Bertz CT molecular complexity index is 798. The van der Waals surface area contributed by atoms with E-state index in [2.05, 4.69) is 60.3 Å². The maximum atomic E-state index is 5.41. The fourth-order valence-electron chi connectivity index (χ4n) is 2.54. The minimum atomic E-state index is 0.306. The van der Waals surface area contributed by atoms with E-state index < -0.39 is 0 Å². The summed E-state index contributed by atoms with van der Waals surface area (Å²) >= 11 is 3.46. The van der Waals surface area contributed by atoms with Gasteiger partial charge in [0, 0.05) is 16.6 Å². The van der Waals surface area contributed by atoms with Crippen LogP contribution in [-0.4, -0.2) is 20.1 Å². The molecule has 1 aromatic carbocycles. The Labute approximate surface area is 135 Å². The Balaban J connectivity index is 1.53. The molecule has 2 heterocycles. The third kappa shape index (κ3) is 2.54. The van der Waals surface area contributed by atoms with Gasteiger partial charge in [-0.3, -0.25) is 4.98 Å². The van der Waals surface area contributed by atoms with Gasteiger partial charge >= 0.3 is 0 Å². The quantitative estimate of drug-likeness (QED) is 0.712. The lowest BCUT2D eigenvalue weighted by Gasteiger charge is -1.98. The molecule has 0 bridgehead atoms. The molecule has 1 aliphatic rings. The van der Waals surface area contributed by atoms with Crippen LogP contribution in [0.1, 0.15) is 35.4 Å². The van der Waals surface area contributed by atoms with Gasteiger partial charge < -0.3 is 4.52 Å². The molecular weight excluding hydrogens is 344 g/mol. The van der Waals surface area contributed by atoms with Gasteiger partial charge in [-0.1, -0.05) is 33.2 Å². The van der Waals surface area contributed by atoms with Crippen LogP contribution in [0.5, 0.6) is 0 Å². The molecule has 4 rings (SSSR count). The standard InChI is InChI=1S/C16H13BrN4O/c1-9-7-19-14(8-18-9)15-20-16(22-21-15)13-6-12(13)10-2-4-11(17)5-3-10/h2-5,7-8,12-13H,6H2,1H3/t12-,13+/m0/s1. The van der Waals surface area contributed by atoms with Gasteiger partial charge in [0.15, 0.2) is 0 Å². The summed E-state index contributed by atoms with van der Waals surface area (Å²) in [6.07, 6.45) is 4.42. The minimum absolute atomic E-state index is 0.306. The first-order valence-electron chi connectivity index (χ1n) is 7.09. The van der Waals surface area contributed by atoms with E-state index in [1.165, 1.54) is 5.56 Å². The van der Waals surface area contributed by atoms with Crippen molar-refractivity contribution in [2.75, 3.05) is 0 Å². The van der Waals surface area contributed by atoms with Crippen LogP contribution >= 0.6 is 15.9 Å². The molecule has 1 aliphatic carbocycles. The minimum Gasteiger partial charge on any atom is -0.339 e. The average molecular weight is 357 g/mol. The van der Waals surface area contributed by atoms with E-state index in [1.54, 1.807) is 12.4 Å². The normalized spacial score (nSPS) is 20.1. The van der Waals surface area contributed by atoms with Crippen molar-refractivity contribution in [1.29, 1.82) is 0 Å². The SMILES string of the molecule is Cc1cnc(-c2noc([C@@H]3C[C@H]3c3ccc(Br)cc3)n2)cn1. The Morgan fingerprint density at radius 2 is 1.91 bits per heavy atom. The molecule has 1 fully saturated rings. The van der Waals surface area contributed by atoms with E-state index in [-0.39, 0.29) is 0 Å². The van der Waals surface area contributed by atoms with Crippen molar-refractivity contribution in [2.24, 2.45) is 0 Å². The zero-order chi connectivity index (χ0) is 15.1. The van der Waals surface area contributed by atoms with E-state index >= 15 is 0 Å². The first kappa shape index (κ1) is 13.6. The lowest BCUT2D eigenvalue weighted by Crippen LogP contribution is -1.90. The second-order valence-electron chi connectivity index (χ2n) is 5.50. The van der Waals surface area contributed by atoms with E-state index in [1.807, 2.05) is 6.92 Å². The molecule has 110 valence electrons. The van der Waals surface area contributed by atoms with Crippen molar-refractivity contribution >= 4 is 15.9 Å². The molecular formula is C16H13BrN4O. The smallest absolute Gasteiger partial charge is 0.230 e. The molecule has 0 saturated heterocycles. The van der Waals surface area contributed by atoms with E-state index in [4.69, 9.17) is 4.52 Å². The van der Waals surface area contributed by atoms with Crippen LogP contribution in [0.25, 0.3) is 11.5 Å². The van der Waals surface area contributed by atoms with E-state index in [0.29, 0.717) is 29.2 Å². The highest BCUT2D eigenvalue weighted by molar-refractivity contribution is 9.10. The van der Waals surface area contributed by atoms with Crippen molar-refractivity contribution in [3.05, 3.63) is 58.3 Å². The van der Waals surface area contributed by atoms with Crippen molar-refractivity contribution in [3.8, 4) is 11.5 Å². The molecule has 22 heavy (non-hydrogen) atoms. The van der Waals surface area contributed by atoms with Crippen LogP contribution in [0.2, 0.25) is 0 Å². The number of hydrogen-bond acceptors (Lipinski definition) is 5. The highest BCUT2D eigenvalue weighted by Gasteiger charge is 2.43.